The highest BCUT2D eigenvalue weighted by atomic mass is 19.1. The number of amides is 2. The Labute approximate surface area is 134 Å². The average Bonchev–Trinajstić information content (AvgIpc) is 2.54. The van der Waals surface area contributed by atoms with Gasteiger partial charge in [-0.2, -0.15) is 0 Å². The molecule has 2 rings (SSSR count). The van der Waals surface area contributed by atoms with Gasteiger partial charge in [0.05, 0.1) is 5.56 Å². The van der Waals surface area contributed by atoms with E-state index < -0.39 is 17.6 Å². The minimum Gasteiger partial charge on any atom is -0.370 e. The maximum absolute atomic E-state index is 14.0. The predicted molar refractivity (Wildman–Crippen MR) is 86.1 cm³/mol. The summed E-state index contributed by atoms with van der Waals surface area (Å²) in [6.45, 7) is 2.23. The van der Waals surface area contributed by atoms with Crippen LogP contribution in [0.25, 0.3) is 0 Å². The van der Waals surface area contributed by atoms with Crippen LogP contribution < -0.4 is 5.73 Å². The summed E-state index contributed by atoms with van der Waals surface area (Å²) in [6, 6.07) is 13.7. The molecule has 0 saturated heterocycles. The molecular weight excluding hydrogens is 295 g/mol. The Balaban J connectivity index is 2.26. The Morgan fingerprint density at radius 1 is 1.13 bits per heavy atom. The molecule has 23 heavy (non-hydrogen) atoms. The molecule has 2 amide bonds. The molecule has 0 unspecified atom stereocenters. The van der Waals surface area contributed by atoms with Crippen LogP contribution in [0.15, 0.2) is 48.5 Å². The van der Waals surface area contributed by atoms with Crippen LogP contribution in [-0.2, 0) is 11.3 Å². The second-order valence-corrected chi connectivity index (χ2v) is 5.41. The third-order valence-electron chi connectivity index (χ3n) is 3.48. The van der Waals surface area contributed by atoms with Crippen LogP contribution in [0.5, 0.6) is 0 Å². The van der Waals surface area contributed by atoms with Crippen molar-refractivity contribution in [2.75, 3.05) is 6.54 Å². The summed E-state index contributed by atoms with van der Waals surface area (Å²) >= 11 is 0. The van der Waals surface area contributed by atoms with Crippen LogP contribution in [0.4, 0.5) is 4.39 Å². The van der Waals surface area contributed by atoms with Crippen molar-refractivity contribution in [1.29, 1.82) is 0 Å². The Morgan fingerprint density at radius 2 is 1.83 bits per heavy atom. The number of benzene rings is 2. The highest BCUT2D eigenvalue weighted by Crippen LogP contribution is 2.15. The molecule has 0 aliphatic rings. The van der Waals surface area contributed by atoms with Gasteiger partial charge < -0.3 is 10.6 Å². The molecule has 0 saturated carbocycles. The number of nitrogens with zero attached hydrogens (tertiary/aromatic N) is 1. The summed E-state index contributed by atoms with van der Waals surface area (Å²) in [5.74, 6) is -1.52. The molecule has 0 aliphatic carbocycles. The van der Waals surface area contributed by atoms with Gasteiger partial charge in [0.2, 0.25) is 5.91 Å². The summed E-state index contributed by atoms with van der Waals surface area (Å²) in [6.07, 6.45) is 0.0337. The van der Waals surface area contributed by atoms with Crippen LogP contribution in [0.2, 0.25) is 0 Å². The highest BCUT2D eigenvalue weighted by molar-refractivity contribution is 5.95. The van der Waals surface area contributed by atoms with Crippen molar-refractivity contribution in [2.45, 2.75) is 19.9 Å². The minimum absolute atomic E-state index is 0.00500. The van der Waals surface area contributed by atoms with E-state index in [-0.39, 0.29) is 18.5 Å². The van der Waals surface area contributed by atoms with Gasteiger partial charge in [0, 0.05) is 19.5 Å². The first-order chi connectivity index (χ1) is 11.0. The Kier molecular flexibility index (Phi) is 5.46. The van der Waals surface area contributed by atoms with E-state index in [0.717, 1.165) is 11.1 Å². The molecule has 0 fully saturated rings. The molecule has 4 nitrogen and oxygen atoms in total. The number of halogens is 1. The van der Waals surface area contributed by atoms with Crippen LogP contribution >= 0.6 is 0 Å². The van der Waals surface area contributed by atoms with Crippen molar-refractivity contribution in [3.63, 3.8) is 0 Å². The number of carbonyl (C=O) groups is 2. The van der Waals surface area contributed by atoms with Gasteiger partial charge in [0.25, 0.3) is 5.91 Å². The van der Waals surface area contributed by atoms with Gasteiger partial charge in [0.1, 0.15) is 5.82 Å². The van der Waals surface area contributed by atoms with Gasteiger partial charge in [-0.15, -0.1) is 0 Å². The fourth-order valence-corrected chi connectivity index (χ4v) is 2.27. The first kappa shape index (κ1) is 16.7. The maximum Gasteiger partial charge on any atom is 0.257 e. The van der Waals surface area contributed by atoms with Crippen molar-refractivity contribution in [3.05, 3.63) is 71.0 Å². The van der Waals surface area contributed by atoms with E-state index in [1.807, 2.05) is 30.3 Å². The van der Waals surface area contributed by atoms with Crippen LogP contribution in [0, 0.1) is 12.7 Å². The summed E-state index contributed by atoms with van der Waals surface area (Å²) in [7, 11) is 0. The summed E-state index contributed by atoms with van der Waals surface area (Å²) in [5, 5.41) is 0. The molecule has 0 atom stereocenters. The van der Waals surface area contributed by atoms with Crippen LogP contribution in [0.1, 0.15) is 27.9 Å². The molecule has 0 heterocycles. The van der Waals surface area contributed by atoms with Crippen LogP contribution in [-0.4, -0.2) is 23.3 Å². The standard InChI is InChI=1S/C18H19FN2O2/c1-13-7-8-16(19)15(11-13)18(23)21(10-9-17(20)22)12-14-5-3-2-4-6-14/h2-8,11H,9-10,12H2,1H3,(H2,20,22). The van der Waals surface area contributed by atoms with Crippen molar-refractivity contribution >= 4 is 11.8 Å². The van der Waals surface area contributed by atoms with Gasteiger partial charge >= 0.3 is 0 Å². The minimum atomic E-state index is -0.572. The van der Waals surface area contributed by atoms with Gasteiger partial charge in [-0.3, -0.25) is 9.59 Å². The second kappa shape index (κ2) is 7.54. The summed E-state index contributed by atoms with van der Waals surface area (Å²) < 4.78 is 14.0. The van der Waals surface area contributed by atoms with Gasteiger partial charge in [-0.05, 0) is 24.6 Å². The lowest BCUT2D eigenvalue weighted by Gasteiger charge is -2.23. The zero-order valence-corrected chi connectivity index (χ0v) is 13.0. The predicted octanol–water partition coefficient (Wildman–Crippen LogP) is 2.65. The largest absolute Gasteiger partial charge is 0.370 e. The number of nitrogens with two attached hydrogens (primary N) is 1. The van der Waals surface area contributed by atoms with Crippen molar-refractivity contribution in [1.82, 2.24) is 4.90 Å². The van der Waals surface area contributed by atoms with Crippen molar-refractivity contribution in [2.24, 2.45) is 5.73 Å². The number of rotatable bonds is 6. The van der Waals surface area contributed by atoms with E-state index in [9.17, 15) is 14.0 Å². The summed E-state index contributed by atoms with van der Waals surface area (Å²) in [5.41, 5.74) is 6.88. The Hall–Kier alpha value is -2.69. The van der Waals surface area contributed by atoms with E-state index in [2.05, 4.69) is 0 Å². The molecule has 0 aliphatic heterocycles. The number of primary amides is 1. The van der Waals surface area contributed by atoms with Crippen molar-refractivity contribution in [3.8, 4) is 0 Å². The lowest BCUT2D eigenvalue weighted by atomic mass is 10.1. The Bertz CT molecular complexity index is 701. The molecule has 0 radical (unpaired) electrons. The van der Waals surface area contributed by atoms with E-state index in [1.54, 1.807) is 13.0 Å². The van der Waals surface area contributed by atoms with Crippen LogP contribution in [0.3, 0.4) is 0 Å². The quantitative estimate of drug-likeness (QED) is 0.891. The van der Waals surface area contributed by atoms with Gasteiger partial charge in [-0.25, -0.2) is 4.39 Å². The third-order valence-corrected chi connectivity index (χ3v) is 3.48. The topological polar surface area (TPSA) is 63.4 Å². The van der Waals surface area contributed by atoms with E-state index in [4.69, 9.17) is 5.73 Å². The zero-order valence-electron chi connectivity index (χ0n) is 13.0. The normalized spacial score (nSPS) is 10.3. The van der Waals surface area contributed by atoms with Gasteiger partial charge in [0.15, 0.2) is 0 Å². The monoisotopic (exact) mass is 314 g/mol. The molecular formula is C18H19FN2O2. The third kappa shape index (κ3) is 4.64. The first-order valence-corrected chi connectivity index (χ1v) is 7.35. The molecule has 2 N–H and O–H groups in total. The smallest absolute Gasteiger partial charge is 0.257 e. The molecule has 0 spiro atoms. The number of carbonyl (C=O) groups excluding carboxylic acids is 2. The van der Waals surface area contributed by atoms with Crippen molar-refractivity contribution < 1.29 is 14.0 Å². The van der Waals surface area contributed by atoms with E-state index >= 15 is 0 Å². The fourth-order valence-electron chi connectivity index (χ4n) is 2.27. The number of hydrogen-bond acceptors (Lipinski definition) is 2. The molecule has 2 aromatic carbocycles. The lowest BCUT2D eigenvalue weighted by Crippen LogP contribution is -2.34. The fraction of sp³-hybridized carbons (Fsp3) is 0.222. The Morgan fingerprint density at radius 3 is 2.48 bits per heavy atom. The summed E-state index contributed by atoms with van der Waals surface area (Å²) in [4.78, 5) is 25.2. The first-order valence-electron chi connectivity index (χ1n) is 7.35. The number of hydrogen-bond donors (Lipinski definition) is 1. The average molecular weight is 314 g/mol. The van der Waals surface area contributed by atoms with Gasteiger partial charge in [-0.1, -0.05) is 42.0 Å². The maximum atomic E-state index is 14.0. The number of aryl methyl sites for hydroxylation is 1. The molecule has 2 aromatic rings. The highest BCUT2D eigenvalue weighted by Gasteiger charge is 2.20. The molecule has 120 valence electrons. The van der Waals surface area contributed by atoms with E-state index in [1.165, 1.54) is 17.0 Å². The SMILES string of the molecule is Cc1ccc(F)c(C(=O)N(CCC(N)=O)Cc2ccccc2)c1. The second-order valence-electron chi connectivity index (χ2n) is 5.41. The molecule has 0 bridgehead atoms. The van der Waals surface area contributed by atoms with E-state index in [0.29, 0.717) is 6.54 Å². The molecule has 5 heteroatoms. The lowest BCUT2D eigenvalue weighted by molar-refractivity contribution is -0.118. The zero-order chi connectivity index (χ0) is 16.8. The molecule has 0 aromatic heterocycles.